The molecule has 4 aromatic rings. The van der Waals surface area contributed by atoms with Crippen molar-refractivity contribution in [2.24, 2.45) is 0 Å². The lowest BCUT2D eigenvalue weighted by Crippen LogP contribution is -2.30. The van der Waals surface area contributed by atoms with E-state index in [0.717, 1.165) is 29.4 Å². The molecule has 0 spiro atoms. The van der Waals surface area contributed by atoms with Gasteiger partial charge in [0.2, 0.25) is 0 Å². The predicted molar refractivity (Wildman–Crippen MR) is 136 cm³/mol. The molecule has 0 aliphatic carbocycles. The zero-order chi connectivity index (χ0) is 22.8. The predicted octanol–water partition coefficient (Wildman–Crippen LogP) is 6.18. The molecule has 1 saturated heterocycles. The average molecular weight is 455 g/mol. The van der Waals surface area contributed by atoms with E-state index in [1.807, 2.05) is 54.7 Å². The Bertz CT molecular complexity index is 1240. The van der Waals surface area contributed by atoms with Gasteiger partial charge in [0.15, 0.2) is 5.11 Å². The lowest BCUT2D eigenvalue weighted by molar-refractivity contribution is 0.482. The molecule has 0 unspecified atom stereocenters. The lowest BCUT2D eigenvalue weighted by atomic mass is 10.0. The fourth-order valence-corrected chi connectivity index (χ4v) is 4.68. The molecular formula is C27H26N4OS. The second-order valence-corrected chi connectivity index (χ2v) is 8.51. The van der Waals surface area contributed by atoms with Gasteiger partial charge in [-0.25, -0.2) is 0 Å². The van der Waals surface area contributed by atoms with E-state index in [1.165, 1.54) is 11.3 Å². The maximum Gasteiger partial charge on any atom is 0.174 e. The fourth-order valence-electron chi connectivity index (χ4n) is 4.33. The van der Waals surface area contributed by atoms with Crippen LogP contribution in [0.25, 0.3) is 0 Å². The molecule has 1 fully saturated rings. The molecule has 5 nitrogen and oxygen atoms in total. The van der Waals surface area contributed by atoms with Gasteiger partial charge in [0.1, 0.15) is 17.5 Å². The van der Waals surface area contributed by atoms with Crippen molar-refractivity contribution in [1.29, 1.82) is 0 Å². The Morgan fingerprint density at radius 3 is 2.33 bits per heavy atom. The van der Waals surface area contributed by atoms with Crippen LogP contribution >= 0.6 is 12.2 Å². The van der Waals surface area contributed by atoms with Crippen LogP contribution in [-0.4, -0.2) is 14.7 Å². The number of anilines is 1. The molecule has 5 rings (SSSR count). The van der Waals surface area contributed by atoms with E-state index in [9.17, 15) is 0 Å². The molecule has 1 aliphatic heterocycles. The van der Waals surface area contributed by atoms with Crippen LogP contribution in [0.4, 0.5) is 5.69 Å². The van der Waals surface area contributed by atoms with Gasteiger partial charge < -0.3 is 19.5 Å². The standard InChI is InChI=1S/C27H26N4OS/c1-3-30-18-6-8-24(30)26-25(23-7-4-5-17-28-23)29-27(33)31(26)20-11-15-22(16-12-20)32-21-13-9-19(2)10-14-21/h4-18,25-26H,3H2,1-2H3,(H,29,33)/t25-,26-/m1/s1. The molecule has 33 heavy (non-hydrogen) atoms. The number of thiocarbonyl (C=S) groups is 1. The molecule has 0 saturated carbocycles. The molecular weight excluding hydrogens is 428 g/mol. The number of nitrogens with one attached hydrogen (secondary N) is 1. The summed E-state index contributed by atoms with van der Waals surface area (Å²) in [7, 11) is 0. The topological polar surface area (TPSA) is 42.3 Å². The van der Waals surface area contributed by atoms with Crippen molar-refractivity contribution in [3.63, 3.8) is 0 Å². The molecule has 6 heteroatoms. The van der Waals surface area contributed by atoms with Crippen molar-refractivity contribution >= 4 is 23.0 Å². The van der Waals surface area contributed by atoms with E-state index in [2.05, 4.69) is 70.1 Å². The van der Waals surface area contributed by atoms with E-state index in [4.69, 9.17) is 17.0 Å². The minimum atomic E-state index is -0.0533. The summed E-state index contributed by atoms with van der Waals surface area (Å²) in [6.07, 6.45) is 3.94. The minimum absolute atomic E-state index is 0.0220. The summed E-state index contributed by atoms with van der Waals surface area (Å²) in [4.78, 5) is 6.81. The number of ether oxygens (including phenoxy) is 1. The zero-order valence-electron chi connectivity index (χ0n) is 18.7. The summed E-state index contributed by atoms with van der Waals surface area (Å²) >= 11 is 5.83. The molecule has 1 aliphatic rings. The molecule has 0 radical (unpaired) electrons. The molecule has 3 heterocycles. The molecule has 2 aromatic heterocycles. The van der Waals surface area contributed by atoms with Crippen LogP contribution in [0.15, 0.2) is 91.3 Å². The number of benzene rings is 2. The largest absolute Gasteiger partial charge is 0.457 e. The number of hydrogen-bond donors (Lipinski definition) is 1. The third-order valence-corrected chi connectivity index (χ3v) is 6.29. The normalized spacial score (nSPS) is 17.8. The quantitative estimate of drug-likeness (QED) is 0.352. The maximum atomic E-state index is 6.02. The molecule has 0 bridgehead atoms. The lowest BCUT2D eigenvalue weighted by Gasteiger charge is -2.29. The van der Waals surface area contributed by atoms with Crippen LogP contribution in [-0.2, 0) is 6.54 Å². The van der Waals surface area contributed by atoms with Crippen molar-refractivity contribution < 1.29 is 4.74 Å². The van der Waals surface area contributed by atoms with Gasteiger partial charge in [0.05, 0.1) is 11.7 Å². The molecule has 166 valence electrons. The van der Waals surface area contributed by atoms with Gasteiger partial charge in [-0.2, -0.15) is 0 Å². The van der Waals surface area contributed by atoms with E-state index in [0.29, 0.717) is 5.11 Å². The number of nitrogens with zero attached hydrogens (tertiary/aromatic N) is 3. The SMILES string of the molecule is CCn1cccc1[C@@H]1[C@@H](c2ccccn2)NC(=S)N1c1ccc(Oc2ccc(C)cc2)cc1. The summed E-state index contributed by atoms with van der Waals surface area (Å²) in [5.41, 5.74) is 4.38. The Morgan fingerprint density at radius 1 is 0.939 bits per heavy atom. The summed E-state index contributed by atoms with van der Waals surface area (Å²) in [5, 5.41) is 4.21. The Kier molecular flexibility index (Phi) is 5.84. The van der Waals surface area contributed by atoms with Gasteiger partial charge >= 0.3 is 0 Å². The Balaban J connectivity index is 1.48. The molecule has 0 amide bonds. The first-order valence-electron chi connectivity index (χ1n) is 11.1. The number of aromatic nitrogens is 2. The second-order valence-electron chi connectivity index (χ2n) is 8.12. The number of rotatable bonds is 6. The van der Waals surface area contributed by atoms with Gasteiger partial charge in [-0.1, -0.05) is 23.8 Å². The van der Waals surface area contributed by atoms with Gasteiger partial charge in [-0.3, -0.25) is 4.98 Å². The van der Waals surface area contributed by atoms with Crippen LogP contribution in [0.5, 0.6) is 11.5 Å². The molecule has 1 N–H and O–H groups in total. The first-order chi connectivity index (χ1) is 16.1. The van der Waals surface area contributed by atoms with Gasteiger partial charge in [-0.05, 0) is 86.7 Å². The van der Waals surface area contributed by atoms with Gasteiger partial charge in [0, 0.05) is 30.3 Å². The van der Waals surface area contributed by atoms with Crippen LogP contribution < -0.4 is 15.0 Å². The maximum absolute atomic E-state index is 6.02. The minimum Gasteiger partial charge on any atom is -0.457 e. The van der Waals surface area contributed by atoms with Crippen LogP contribution in [0.1, 0.15) is 36.0 Å². The first kappa shape index (κ1) is 21.2. The Labute approximate surface area is 199 Å². The van der Waals surface area contributed by atoms with Crippen molar-refractivity contribution in [3.05, 3.63) is 108 Å². The highest BCUT2D eigenvalue weighted by molar-refractivity contribution is 7.80. The van der Waals surface area contributed by atoms with Crippen LogP contribution in [0.2, 0.25) is 0 Å². The van der Waals surface area contributed by atoms with E-state index >= 15 is 0 Å². The van der Waals surface area contributed by atoms with Crippen molar-refractivity contribution in [2.45, 2.75) is 32.5 Å². The van der Waals surface area contributed by atoms with Crippen molar-refractivity contribution in [3.8, 4) is 11.5 Å². The highest BCUT2D eigenvalue weighted by Crippen LogP contribution is 2.42. The fraction of sp³-hybridized carbons (Fsp3) is 0.185. The number of pyridine rings is 1. The highest BCUT2D eigenvalue weighted by atomic mass is 32.1. The summed E-state index contributed by atoms with van der Waals surface area (Å²) < 4.78 is 8.28. The number of aryl methyl sites for hydroxylation is 2. The molecule has 2 atom stereocenters. The van der Waals surface area contributed by atoms with E-state index in [1.54, 1.807) is 0 Å². The van der Waals surface area contributed by atoms with Crippen LogP contribution in [0, 0.1) is 6.92 Å². The van der Waals surface area contributed by atoms with E-state index in [-0.39, 0.29) is 12.1 Å². The Morgan fingerprint density at radius 2 is 1.67 bits per heavy atom. The average Bonchev–Trinajstić information content (AvgIpc) is 3.45. The molecule has 2 aromatic carbocycles. The first-order valence-corrected chi connectivity index (χ1v) is 11.5. The second kappa shape index (κ2) is 9.08. The third-order valence-electron chi connectivity index (χ3n) is 5.98. The van der Waals surface area contributed by atoms with Gasteiger partial charge in [0.25, 0.3) is 0 Å². The summed E-state index contributed by atoms with van der Waals surface area (Å²) in [6, 6.07) is 26.3. The monoisotopic (exact) mass is 454 g/mol. The van der Waals surface area contributed by atoms with E-state index < -0.39 is 0 Å². The van der Waals surface area contributed by atoms with Gasteiger partial charge in [-0.15, -0.1) is 0 Å². The third kappa shape index (κ3) is 4.22. The summed E-state index contributed by atoms with van der Waals surface area (Å²) in [6.45, 7) is 5.11. The summed E-state index contributed by atoms with van der Waals surface area (Å²) in [5.74, 6) is 1.61. The zero-order valence-corrected chi connectivity index (χ0v) is 19.5. The van der Waals surface area contributed by atoms with Crippen molar-refractivity contribution in [2.75, 3.05) is 4.90 Å². The smallest absolute Gasteiger partial charge is 0.174 e. The van der Waals surface area contributed by atoms with Crippen LogP contribution in [0.3, 0.4) is 0 Å². The van der Waals surface area contributed by atoms with Crippen molar-refractivity contribution in [1.82, 2.24) is 14.9 Å². The highest BCUT2D eigenvalue weighted by Gasteiger charge is 2.41. The Hall–Kier alpha value is -3.64. The number of hydrogen-bond acceptors (Lipinski definition) is 3.